The summed E-state index contributed by atoms with van der Waals surface area (Å²) >= 11 is 0. The van der Waals surface area contributed by atoms with Gasteiger partial charge in [-0.2, -0.15) is 0 Å². The molecule has 0 radical (unpaired) electrons. The molecule has 3 aromatic rings. The van der Waals surface area contributed by atoms with E-state index in [2.05, 4.69) is 20.3 Å². The predicted molar refractivity (Wildman–Crippen MR) is 103 cm³/mol. The van der Waals surface area contributed by atoms with Crippen molar-refractivity contribution >= 4 is 11.9 Å². The topological polar surface area (TPSA) is 110 Å². The van der Waals surface area contributed by atoms with Gasteiger partial charge in [-0.1, -0.05) is 0 Å². The van der Waals surface area contributed by atoms with Crippen molar-refractivity contribution in [2.45, 2.75) is 24.4 Å². The average Bonchev–Trinajstić information content (AvgIpc) is 2.71. The molecule has 1 saturated carbocycles. The van der Waals surface area contributed by atoms with E-state index in [-0.39, 0.29) is 42.3 Å². The van der Waals surface area contributed by atoms with E-state index in [4.69, 9.17) is 5.11 Å². The van der Waals surface area contributed by atoms with Crippen LogP contribution in [0.1, 0.15) is 28.9 Å². The average molecular weight is 413 g/mol. The van der Waals surface area contributed by atoms with Crippen LogP contribution >= 0.6 is 0 Å². The highest BCUT2D eigenvalue weighted by atomic mass is 19.1. The summed E-state index contributed by atoms with van der Waals surface area (Å²) in [6.45, 7) is 0.190. The molecule has 3 aromatic heterocycles. The normalized spacial score (nSPS) is 20.4. The summed E-state index contributed by atoms with van der Waals surface area (Å²) in [5, 5.41) is 12.1. The van der Waals surface area contributed by atoms with E-state index in [1.54, 1.807) is 0 Å². The Morgan fingerprint density at radius 2 is 1.97 bits per heavy atom. The van der Waals surface area contributed by atoms with Gasteiger partial charge in [0, 0.05) is 30.4 Å². The fourth-order valence-electron chi connectivity index (χ4n) is 3.59. The summed E-state index contributed by atoms with van der Waals surface area (Å²) in [7, 11) is 0. The Morgan fingerprint density at radius 3 is 2.60 bits per heavy atom. The number of hydrogen-bond acceptors (Lipinski definition) is 6. The number of aromatic carboxylic acids is 1. The first-order chi connectivity index (χ1) is 14.4. The van der Waals surface area contributed by atoms with Crippen LogP contribution in [0.3, 0.4) is 0 Å². The standard InChI is InChI=1S/C20H17F2N5O3/c21-13-6-20(7-13,17-15(22)2-1-5-23-17)11-26-19-24-8-14(9-25-19)27-10-12(18(29)30)3-4-16(27)28/h1-5,8-10,13H,6-7,11H2,(H,29,30)(H,24,25,26). The van der Waals surface area contributed by atoms with Gasteiger partial charge in [-0.15, -0.1) is 0 Å². The van der Waals surface area contributed by atoms with E-state index in [0.29, 0.717) is 0 Å². The van der Waals surface area contributed by atoms with Crippen LogP contribution < -0.4 is 10.9 Å². The second-order valence-electron chi connectivity index (χ2n) is 7.17. The molecule has 0 aromatic carbocycles. The van der Waals surface area contributed by atoms with Crippen molar-refractivity contribution in [1.29, 1.82) is 0 Å². The van der Waals surface area contributed by atoms with Crippen molar-refractivity contribution in [2.75, 3.05) is 11.9 Å². The minimum atomic E-state index is -1.17. The molecule has 0 spiro atoms. The highest BCUT2D eigenvalue weighted by Crippen LogP contribution is 2.45. The van der Waals surface area contributed by atoms with Crippen molar-refractivity contribution in [1.82, 2.24) is 19.5 Å². The van der Waals surface area contributed by atoms with Crippen LogP contribution in [0.15, 0.2) is 53.8 Å². The molecule has 0 bridgehead atoms. The van der Waals surface area contributed by atoms with E-state index in [1.165, 1.54) is 43.0 Å². The van der Waals surface area contributed by atoms with E-state index >= 15 is 0 Å². The molecule has 1 aliphatic rings. The first-order valence-corrected chi connectivity index (χ1v) is 9.15. The number of alkyl halides is 1. The molecule has 0 atom stereocenters. The van der Waals surface area contributed by atoms with Crippen LogP contribution in [0.5, 0.6) is 0 Å². The quantitative estimate of drug-likeness (QED) is 0.638. The van der Waals surface area contributed by atoms with Gasteiger partial charge in [0.25, 0.3) is 5.56 Å². The Bertz CT molecular complexity index is 1140. The zero-order valence-electron chi connectivity index (χ0n) is 15.6. The van der Waals surface area contributed by atoms with Gasteiger partial charge in [0.1, 0.15) is 12.0 Å². The second kappa shape index (κ2) is 7.62. The zero-order chi connectivity index (χ0) is 21.3. The second-order valence-corrected chi connectivity index (χ2v) is 7.17. The van der Waals surface area contributed by atoms with Gasteiger partial charge in [-0.25, -0.2) is 23.5 Å². The van der Waals surface area contributed by atoms with Crippen LogP contribution in [0.25, 0.3) is 5.69 Å². The smallest absolute Gasteiger partial charge is 0.337 e. The lowest BCUT2D eigenvalue weighted by Gasteiger charge is -2.43. The lowest BCUT2D eigenvalue weighted by molar-refractivity contribution is 0.0696. The summed E-state index contributed by atoms with van der Waals surface area (Å²) in [4.78, 5) is 35.5. The van der Waals surface area contributed by atoms with Gasteiger partial charge in [0.15, 0.2) is 0 Å². The molecular weight excluding hydrogens is 396 g/mol. The number of aromatic nitrogens is 4. The first-order valence-electron chi connectivity index (χ1n) is 9.15. The fraction of sp³-hybridized carbons (Fsp3) is 0.250. The molecule has 1 aliphatic carbocycles. The number of nitrogens with one attached hydrogen (secondary N) is 1. The minimum absolute atomic E-state index is 0.0538. The van der Waals surface area contributed by atoms with Gasteiger partial charge in [-0.3, -0.25) is 14.3 Å². The Kier molecular flexibility index (Phi) is 4.98. The molecule has 10 heteroatoms. The molecule has 0 saturated heterocycles. The van der Waals surface area contributed by atoms with E-state index in [1.807, 2.05) is 0 Å². The summed E-state index contributed by atoms with van der Waals surface area (Å²) < 4.78 is 29.0. The Morgan fingerprint density at radius 1 is 1.23 bits per heavy atom. The molecule has 3 heterocycles. The molecule has 154 valence electrons. The molecular formula is C20H17F2N5O3. The van der Waals surface area contributed by atoms with Gasteiger partial charge < -0.3 is 10.4 Å². The molecule has 30 heavy (non-hydrogen) atoms. The monoisotopic (exact) mass is 413 g/mol. The van der Waals surface area contributed by atoms with Crippen LogP contribution in [-0.2, 0) is 5.41 Å². The van der Waals surface area contributed by atoms with Crippen LogP contribution in [-0.4, -0.2) is 43.3 Å². The van der Waals surface area contributed by atoms with Crippen molar-refractivity contribution < 1.29 is 18.7 Å². The first kappa shape index (κ1) is 19.6. The Balaban J connectivity index is 1.53. The van der Waals surface area contributed by atoms with Gasteiger partial charge >= 0.3 is 5.97 Å². The molecule has 4 rings (SSSR count). The van der Waals surface area contributed by atoms with Gasteiger partial charge in [0.05, 0.1) is 29.3 Å². The third-order valence-electron chi connectivity index (χ3n) is 5.14. The largest absolute Gasteiger partial charge is 0.478 e. The number of carboxylic acid groups (broad SMARTS) is 1. The fourth-order valence-corrected chi connectivity index (χ4v) is 3.59. The third-order valence-corrected chi connectivity index (χ3v) is 5.14. The number of hydrogen-bond donors (Lipinski definition) is 2. The third kappa shape index (κ3) is 3.63. The maximum atomic E-state index is 14.2. The number of pyridine rings is 2. The van der Waals surface area contributed by atoms with Crippen molar-refractivity contribution in [3.8, 4) is 5.69 Å². The number of halogens is 2. The lowest BCUT2D eigenvalue weighted by Crippen LogP contribution is -2.49. The van der Waals surface area contributed by atoms with Crippen LogP contribution in [0, 0.1) is 5.82 Å². The molecule has 2 N–H and O–H groups in total. The predicted octanol–water partition coefficient (Wildman–Crippen LogP) is 2.34. The van der Waals surface area contributed by atoms with Crippen molar-refractivity contribution in [2.24, 2.45) is 0 Å². The maximum Gasteiger partial charge on any atom is 0.337 e. The highest BCUT2D eigenvalue weighted by Gasteiger charge is 2.48. The Labute approximate surface area is 169 Å². The van der Waals surface area contributed by atoms with E-state index in [9.17, 15) is 18.4 Å². The van der Waals surface area contributed by atoms with Gasteiger partial charge in [-0.05, 0) is 31.0 Å². The Hall–Kier alpha value is -3.69. The summed E-state index contributed by atoms with van der Waals surface area (Å²) in [5.41, 5.74) is -0.787. The number of carboxylic acids is 1. The summed E-state index contributed by atoms with van der Waals surface area (Å²) in [5.74, 6) is -1.44. The number of anilines is 1. The van der Waals surface area contributed by atoms with E-state index in [0.717, 1.165) is 10.6 Å². The van der Waals surface area contributed by atoms with Crippen molar-refractivity contribution in [3.05, 3.63) is 76.5 Å². The van der Waals surface area contributed by atoms with Gasteiger partial charge in [0.2, 0.25) is 5.95 Å². The lowest BCUT2D eigenvalue weighted by atomic mass is 9.65. The summed E-state index contributed by atoms with van der Waals surface area (Å²) in [6.07, 6.45) is 4.63. The molecule has 0 unspecified atom stereocenters. The van der Waals surface area contributed by atoms with Crippen LogP contribution in [0.2, 0.25) is 0 Å². The zero-order valence-corrected chi connectivity index (χ0v) is 15.6. The van der Waals surface area contributed by atoms with Crippen LogP contribution in [0.4, 0.5) is 14.7 Å². The minimum Gasteiger partial charge on any atom is -0.478 e. The summed E-state index contributed by atoms with van der Waals surface area (Å²) in [6, 6.07) is 5.13. The number of carbonyl (C=O) groups is 1. The van der Waals surface area contributed by atoms with E-state index < -0.39 is 28.9 Å². The highest BCUT2D eigenvalue weighted by molar-refractivity contribution is 5.87. The van der Waals surface area contributed by atoms with Crippen molar-refractivity contribution in [3.63, 3.8) is 0 Å². The maximum absolute atomic E-state index is 14.2. The molecule has 1 fully saturated rings. The molecule has 8 nitrogen and oxygen atoms in total. The number of rotatable bonds is 6. The SMILES string of the molecule is O=C(O)c1ccc(=O)n(-c2cnc(NCC3(c4ncccc4F)CC(F)C3)nc2)c1. The molecule has 0 aliphatic heterocycles. The number of nitrogens with zero attached hydrogens (tertiary/aromatic N) is 4. The molecule has 0 amide bonds.